The van der Waals surface area contributed by atoms with Crippen molar-refractivity contribution in [2.75, 3.05) is 19.6 Å². The van der Waals surface area contributed by atoms with Crippen molar-refractivity contribution >= 4 is 16.8 Å². The van der Waals surface area contributed by atoms with Crippen LogP contribution in [-0.4, -0.2) is 43.6 Å². The van der Waals surface area contributed by atoms with Gasteiger partial charge in [0.15, 0.2) is 0 Å². The summed E-state index contributed by atoms with van der Waals surface area (Å²) in [6, 6.07) is 18.4. The third-order valence-electron chi connectivity index (χ3n) is 5.37. The van der Waals surface area contributed by atoms with Crippen LogP contribution in [0.25, 0.3) is 28.1 Å². The molecule has 4 rings (SSSR count). The highest BCUT2D eigenvalue weighted by Crippen LogP contribution is 2.33. The Hall–Kier alpha value is -2.63. The molecular formula is C22H26N4O. The molecular weight excluding hydrogens is 336 g/mol. The van der Waals surface area contributed by atoms with Crippen LogP contribution in [0.15, 0.2) is 54.6 Å². The molecule has 0 aliphatic heterocycles. The van der Waals surface area contributed by atoms with Crippen LogP contribution in [0.4, 0.5) is 0 Å². The van der Waals surface area contributed by atoms with Gasteiger partial charge in [-0.05, 0) is 25.2 Å². The number of nitrogens with zero attached hydrogens (tertiary/aromatic N) is 4. The van der Waals surface area contributed by atoms with Gasteiger partial charge in [-0.3, -0.25) is 4.40 Å². The maximum atomic E-state index is 11.2. The maximum absolute atomic E-state index is 11.2. The van der Waals surface area contributed by atoms with Gasteiger partial charge in [0.2, 0.25) is 5.78 Å². The van der Waals surface area contributed by atoms with Crippen molar-refractivity contribution in [3.63, 3.8) is 0 Å². The van der Waals surface area contributed by atoms with E-state index in [9.17, 15) is 5.11 Å². The fourth-order valence-electron chi connectivity index (χ4n) is 3.86. The topological polar surface area (TPSA) is 45.7 Å². The number of hydrogen-bond acceptors (Lipinski definition) is 3. The number of likely N-dealkylation sites (N-methyl/N-ethyl adjacent to an activating group) is 1. The number of aliphatic hydroxyl groups excluding tert-OH is 1. The Kier molecular flexibility index (Phi) is 4.72. The molecule has 27 heavy (non-hydrogen) atoms. The smallest absolute Gasteiger partial charge is 0.215 e. The summed E-state index contributed by atoms with van der Waals surface area (Å²) >= 11 is 0. The van der Waals surface area contributed by atoms with E-state index in [-0.39, 0.29) is 0 Å². The summed E-state index contributed by atoms with van der Waals surface area (Å²) in [5, 5.41) is 11.2. The number of imidazole rings is 2. The van der Waals surface area contributed by atoms with Crippen LogP contribution in [0, 0.1) is 0 Å². The lowest BCUT2D eigenvalue weighted by molar-refractivity contribution is 0.115. The van der Waals surface area contributed by atoms with Crippen LogP contribution in [0.1, 0.15) is 25.6 Å². The van der Waals surface area contributed by atoms with Gasteiger partial charge in [-0.1, -0.05) is 56.3 Å². The molecule has 0 aliphatic rings. The van der Waals surface area contributed by atoms with E-state index < -0.39 is 6.10 Å². The Balaban J connectivity index is 1.98. The van der Waals surface area contributed by atoms with Crippen molar-refractivity contribution in [2.24, 2.45) is 7.05 Å². The van der Waals surface area contributed by atoms with Crippen molar-refractivity contribution in [3.8, 4) is 11.3 Å². The van der Waals surface area contributed by atoms with E-state index in [1.165, 1.54) is 0 Å². The minimum atomic E-state index is -0.624. The second-order valence-corrected chi connectivity index (χ2v) is 6.90. The lowest BCUT2D eigenvalue weighted by atomic mass is 10.1. The van der Waals surface area contributed by atoms with E-state index in [4.69, 9.17) is 4.98 Å². The molecule has 0 aliphatic carbocycles. The Bertz CT molecular complexity index is 1060. The molecule has 0 fully saturated rings. The number of rotatable bonds is 6. The molecule has 0 spiro atoms. The normalized spacial score (nSPS) is 13.1. The molecule has 0 radical (unpaired) electrons. The van der Waals surface area contributed by atoms with Crippen LogP contribution in [0.5, 0.6) is 0 Å². The van der Waals surface area contributed by atoms with Crippen molar-refractivity contribution < 1.29 is 5.11 Å². The Morgan fingerprint density at radius 1 is 0.963 bits per heavy atom. The third-order valence-corrected chi connectivity index (χ3v) is 5.37. The van der Waals surface area contributed by atoms with E-state index >= 15 is 0 Å². The molecule has 1 atom stereocenters. The summed E-state index contributed by atoms with van der Waals surface area (Å²) in [5.41, 5.74) is 4.92. The predicted octanol–water partition coefficient (Wildman–Crippen LogP) is 3.87. The zero-order valence-electron chi connectivity index (χ0n) is 16.1. The molecule has 0 saturated carbocycles. The highest BCUT2D eigenvalue weighted by Gasteiger charge is 2.25. The van der Waals surface area contributed by atoms with Crippen LogP contribution < -0.4 is 0 Å². The fourth-order valence-corrected chi connectivity index (χ4v) is 3.86. The third kappa shape index (κ3) is 2.93. The zero-order chi connectivity index (χ0) is 19.0. The summed E-state index contributed by atoms with van der Waals surface area (Å²) in [7, 11) is 2.03. The maximum Gasteiger partial charge on any atom is 0.215 e. The average molecular weight is 362 g/mol. The second kappa shape index (κ2) is 7.18. The highest BCUT2D eigenvalue weighted by atomic mass is 16.3. The first-order chi connectivity index (χ1) is 13.2. The molecule has 2 aromatic heterocycles. The summed E-state index contributed by atoms with van der Waals surface area (Å²) in [5.74, 6) is 0.851. The van der Waals surface area contributed by atoms with Gasteiger partial charge in [-0.2, -0.15) is 0 Å². The van der Waals surface area contributed by atoms with E-state index in [1.807, 2.05) is 37.4 Å². The first-order valence-corrected chi connectivity index (χ1v) is 9.57. The van der Waals surface area contributed by atoms with E-state index in [2.05, 4.69) is 52.0 Å². The molecule has 4 aromatic rings. The largest absolute Gasteiger partial charge is 0.385 e. The zero-order valence-corrected chi connectivity index (χ0v) is 16.1. The monoisotopic (exact) mass is 362 g/mol. The van der Waals surface area contributed by atoms with E-state index in [0.29, 0.717) is 6.54 Å². The van der Waals surface area contributed by atoms with Crippen molar-refractivity contribution in [3.05, 3.63) is 60.3 Å². The number of benzene rings is 2. The number of fused-ring (bicyclic) bond motifs is 3. The van der Waals surface area contributed by atoms with Gasteiger partial charge in [0.25, 0.3) is 0 Å². The Morgan fingerprint density at radius 3 is 2.26 bits per heavy atom. The molecule has 2 heterocycles. The summed E-state index contributed by atoms with van der Waals surface area (Å²) < 4.78 is 4.21. The first-order valence-electron chi connectivity index (χ1n) is 9.57. The number of hydrogen-bond donors (Lipinski definition) is 1. The molecule has 1 unspecified atom stereocenters. The summed E-state index contributed by atoms with van der Waals surface area (Å²) in [4.78, 5) is 7.19. The molecule has 2 aromatic carbocycles. The van der Waals surface area contributed by atoms with Crippen molar-refractivity contribution in [1.29, 1.82) is 0 Å². The highest BCUT2D eigenvalue weighted by molar-refractivity contribution is 5.83. The van der Waals surface area contributed by atoms with E-state index in [1.54, 1.807) is 0 Å². The number of aromatic nitrogens is 3. The van der Waals surface area contributed by atoms with Crippen LogP contribution in [-0.2, 0) is 7.05 Å². The Morgan fingerprint density at radius 2 is 1.59 bits per heavy atom. The predicted molar refractivity (Wildman–Crippen MR) is 110 cm³/mol. The SMILES string of the molecule is CCN(CC)CC(O)c1c(-c2ccccc2)nc2n(C)c3ccccc3n12. The first kappa shape index (κ1) is 17.8. The van der Waals surface area contributed by atoms with Gasteiger partial charge in [0, 0.05) is 19.2 Å². The number of aliphatic hydroxyl groups is 1. The molecule has 0 amide bonds. The standard InChI is InChI=1S/C22H26N4O/c1-4-25(5-2)15-19(27)21-20(16-11-7-6-8-12-16)23-22-24(3)17-13-9-10-14-18(17)26(21)22/h6-14,19,27H,4-5,15H2,1-3H3. The van der Waals surface area contributed by atoms with Gasteiger partial charge in [-0.25, -0.2) is 4.98 Å². The van der Waals surface area contributed by atoms with Gasteiger partial charge in [-0.15, -0.1) is 0 Å². The lowest BCUT2D eigenvalue weighted by Crippen LogP contribution is -2.29. The molecule has 5 heteroatoms. The Labute approximate surface area is 159 Å². The van der Waals surface area contributed by atoms with Crippen LogP contribution in [0.2, 0.25) is 0 Å². The van der Waals surface area contributed by atoms with Gasteiger partial charge < -0.3 is 14.6 Å². The fraction of sp³-hybridized carbons (Fsp3) is 0.318. The quantitative estimate of drug-likeness (QED) is 0.566. The number of para-hydroxylation sites is 2. The molecule has 0 saturated heterocycles. The van der Waals surface area contributed by atoms with E-state index in [0.717, 1.165) is 46.9 Å². The summed E-state index contributed by atoms with van der Waals surface area (Å²) in [6.45, 7) is 6.65. The minimum Gasteiger partial charge on any atom is -0.385 e. The van der Waals surface area contributed by atoms with Crippen LogP contribution in [0.3, 0.4) is 0 Å². The van der Waals surface area contributed by atoms with Gasteiger partial charge in [0.05, 0.1) is 22.4 Å². The molecule has 140 valence electrons. The summed E-state index contributed by atoms with van der Waals surface area (Å²) in [6.07, 6.45) is -0.624. The minimum absolute atomic E-state index is 0.587. The lowest BCUT2D eigenvalue weighted by Gasteiger charge is -2.22. The molecule has 0 bridgehead atoms. The van der Waals surface area contributed by atoms with Crippen molar-refractivity contribution in [1.82, 2.24) is 18.9 Å². The van der Waals surface area contributed by atoms with Gasteiger partial charge >= 0.3 is 0 Å². The second-order valence-electron chi connectivity index (χ2n) is 6.90. The van der Waals surface area contributed by atoms with Gasteiger partial charge in [0.1, 0.15) is 6.10 Å². The molecule has 5 nitrogen and oxygen atoms in total. The average Bonchev–Trinajstić information content (AvgIpc) is 3.23. The van der Waals surface area contributed by atoms with Crippen molar-refractivity contribution in [2.45, 2.75) is 20.0 Å². The number of aryl methyl sites for hydroxylation is 1. The van der Waals surface area contributed by atoms with Crippen LogP contribution >= 0.6 is 0 Å². The molecule has 1 N–H and O–H groups in total.